The van der Waals surface area contributed by atoms with Crippen molar-refractivity contribution in [1.29, 1.82) is 0 Å². The molecule has 0 aliphatic carbocycles. The standard InChI is InChI=1S/C47H29N3O/c1-2-12-33(13-3-1)39-16-8-17-40-43-41(18-9-19-42(43)51-44(39)40)47-49-45(48-46(50-47)38-27-23-31-11-5-7-15-36(31)29-38)34-24-20-32(21-25-34)37-26-22-30-10-4-6-14-35(30)28-37/h1-29H. The molecule has 51 heavy (non-hydrogen) atoms. The van der Waals surface area contributed by atoms with Crippen molar-refractivity contribution in [3.8, 4) is 56.4 Å². The Balaban J connectivity index is 1.15. The van der Waals surface area contributed by atoms with Gasteiger partial charge in [0, 0.05) is 33.0 Å². The van der Waals surface area contributed by atoms with Gasteiger partial charge in [-0.15, -0.1) is 0 Å². The molecule has 10 aromatic rings. The van der Waals surface area contributed by atoms with Crippen LogP contribution >= 0.6 is 0 Å². The highest BCUT2D eigenvalue weighted by Crippen LogP contribution is 2.40. The summed E-state index contributed by atoms with van der Waals surface area (Å²) < 4.78 is 6.59. The zero-order chi connectivity index (χ0) is 33.7. The van der Waals surface area contributed by atoms with Gasteiger partial charge in [0.25, 0.3) is 0 Å². The van der Waals surface area contributed by atoms with E-state index in [1.54, 1.807) is 0 Å². The number of furan rings is 1. The zero-order valence-electron chi connectivity index (χ0n) is 27.5. The van der Waals surface area contributed by atoms with E-state index in [1.807, 2.05) is 18.2 Å². The van der Waals surface area contributed by atoms with Crippen LogP contribution in [-0.4, -0.2) is 15.0 Å². The molecule has 4 nitrogen and oxygen atoms in total. The lowest BCUT2D eigenvalue weighted by Gasteiger charge is -2.11. The maximum Gasteiger partial charge on any atom is 0.164 e. The lowest BCUT2D eigenvalue weighted by Crippen LogP contribution is -2.00. The zero-order valence-corrected chi connectivity index (χ0v) is 27.5. The third-order valence-corrected chi connectivity index (χ3v) is 9.72. The predicted octanol–water partition coefficient (Wildman–Crippen LogP) is 12.4. The van der Waals surface area contributed by atoms with Gasteiger partial charge in [-0.25, -0.2) is 15.0 Å². The van der Waals surface area contributed by atoms with Crippen molar-refractivity contribution in [2.75, 3.05) is 0 Å². The first kappa shape index (κ1) is 29.0. The number of hydrogen-bond donors (Lipinski definition) is 0. The summed E-state index contributed by atoms with van der Waals surface area (Å²) in [6.07, 6.45) is 0. The highest BCUT2D eigenvalue weighted by Gasteiger charge is 2.19. The molecule has 0 amide bonds. The second-order valence-electron chi connectivity index (χ2n) is 12.8. The quantitative estimate of drug-likeness (QED) is 0.186. The van der Waals surface area contributed by atoms with Crippen LogP contribution in [0.3, 0.4) is 0 Å². The van der Waals surface area contributed by atoms with E-state index in [0.29, 0.717) is 17.5 Å². The topological polar surface area (TPSA) is 51.8 Å². The minimum Gasteiger partial charge on any atom is -0.455 e. The summed E-state index contributed by atoms with van der Waals surface area (Å²) in [6, 6.07) is 61.1. The fourth-order valence-corrected chi connectivity index (χ4v) is 7.14. The largest absolute Gasteiger partial charge is 0.455 e. The van der Waals surface area contributed by atoms with Gasteiger partial charge in [-0.2, -0.15) is 0 Å². The predicted molar refractivity (Wildman–Crippen MR) is 209 cm³/mol. The van der Waals surface area contributed by atoms with E-state index in [4.69, 9.17) is 19.4 Å². The fourth-order valence-electron chi connectivity index (χ4n) is 7.14. The van der Waals surface area contributed by atoms with Gasteiger partial charge in [0.1, 0.15) is 11.2 Å². The van der Waals surface area contributed by atoms with Crippen molar-refractivity contribution < 1.29 is 4.42 Å². The molecule has 4 heteroatoms. The van der Waals surface area contributed by atoms with Crippen molar-refractivity contribution in [1.82, 2.24) is 15.0 Å². The molecule has 0 fully saturated rings. The maximum atomic E-state index is 6.59. The molecule has 0 saturated heterocycles. The lowest BCUT2D eigenvalue weighted by atomic mass is 10.00. The van der Waals surface area contributed by atoms with E-state index in [0.717, 1.165) is 60.7 Å². The molecule has 0 unspecified atom stereocenters. The van der Waals surface area contributed by atoms with E-state index >= 15 is 0 Å². The highest BCUT2D eigenvalue weighted by molar-refractivity contribution is 6.15. The number of fused-ring (bicyclic) bond motifs is 5. The monoisotopic (exact) mass is 651 g/mol. The Labute approximate surface area is 294 Å². The van der Waals surface area contributed by atoms with Crippen LogP contribution in [0.1, 0.15) is 0 Å². The van der Waals surface area contributed by atoms with Crippen molar-refractivity contribution in [2.24, 2.45) is 0 Å². The van der Waals surface area contributed by atoms with Crippen LogP contribution in [0.5, 0.6) is 0 Å². The number of rotatable bonds is 5. The Morgan fingerprint density at radius 3 is 1.63 bits per heavy atom. The van der Waals surface area contributed by atoms with Crippen LogP contribution in [0, 0.1) is 0 Å². The molecule has 2 heterocycles. The second-order valence-corrected chi connectivity index (χ2v) is 12.8. The third-order valence-electron chi connectivity index (χ3n) is 9.72. The molecular formula is C47H29N3O. The molecule has 0 N–H and O–H groups in total. The number of nitrogens with zero attached hydrogens (tertiary/aromatic N) is 3. The van der Waals surface area contributed by atoms with E-state index in [9.17, 15) is 0 Å². The minimum atomic E-state index is 0.597. The van der Waals surface area contributed by atoms with Gasteiger partial charge in [0.05, 0.1) is 0 Å². The fraction of sp³-hybridized carbons (Fsp3) is 0. The normalized spacial score (nSPS) is 11.5. The average Bonchev–Trinajstić information content (AvgIpc) is 3.60. The van der Waals surface area contributed by atoms with Crippen LogP contribution in [0.25, 0.3) is 99.9 Å². The molecule has 2 aromatic heterocycles. The van der Waals surface area contributed by atoms with Crippen LogP contribution < -0.4 is 0 Å². The first-order valence-electron chi connectivity index (χ1n) is 17.1. The SMILES string of the molecule is c1ccc(-c2cccc3c2oc2cccc(-c4nc(-c5ccc(-c6ccc7ccccc7c6)cc5)nc(-c5ccc6ccccc6c5)n4)c23)cc1. The maximum absolute atomic E-state index is 6.59. The average molecular weight is 652 g/mol. The second kappa shape index (κ2) is 11.9. The molecule has 0 bridgehead atoms. The Bertz CT molecular complexity index is 2910. The van der Waals surface area contributed by atoms with E-state index in [1.165, 1.54) is 21.7 Å². The number of aromatic nitrogens is 3. The Morgan fingerprint density at radius 2 is 0.882 bits per heavy atom. The van der Waals surface area contributed by atoms with Crippen molar-refractivity contribution in [3.05, 3.63) is 176 Å². The molecule has 8 aromatic carbocycles. The van der Waals surface area contributed by atoms with Crippen LogP contribution in [0.15, 0.2) is 180 Å². The summed E-state index contributed by atoms with van der Waals surface area (Å²) >= 11 is 0. The summed E-state index contributed by atoms with van der Waals surface area (Å²) in [5.74, 6) is 1.83. The Kier molecular flexibility index (Phi) is 6.78. The molecule has 0 atom stereocenters. The van der Waals surface area contributed by atoms with Crippen molar-refractivity contribution in [2.45, 2.75) is 0 Å². The Hall–Kier alpha value is -6.91. The molecule has 238 valence electrons. The summed E-state index contributed by atoms with van der Waals surface area (Å²) in [5.41, 5.74) is 8.85. The lowest BCUT2D eigenvalue weighted by molar-refractivity contribution is 0.670. The summed E-state index contributed by atoms with van der Waals surface area (Å²) in [6.45, 7) is 0. The van der Waals surface area contributed by atoms with Gasteiger partial charge >= 0.3 is 0 Å². The van der Waals surface area contributed by atoms with Gasteiger partial charge in [-0.05, 0) is 56.4 Å². The molecule has 0 saturated carbocycles. The number of para-hydroxylation sites is 1. The van der Waals surface area contributed by atoms with E-state index < -0.39 is 0 Å². The van der Waals surface area contributed by atoms with Gasteiger partial charge in [0.15, 0.2) is 17.5 Å². The molecule has 0 aliphatic rings. The van der Waals surface area contributed by atoms with Gasteiger partial charge in [0.2, 0.25) is 0 Å². The minimum absolute atomic E-state index is 0.597. The molecule has 0 radical (unpaired) electrons. The summed E-state index contributed by atoms with van der Waals surface area (Å²) in [4.78, 5) is 15.4. The molecule has 0 spiro atoms. The van der Waals surface area contributed by atoms with Gasteiger partial charge in [-0.3, -0.25) is 0 Å². The van der Waals surface area contributed by atoms with E-state index in [-0.39, 0.29) is 0 Å². The van der Waals surface area contributed by atoms with Crippen LogP contribution in [-0.2, 0) is 0 Å². The number of benzene rings is 8. The Morgan fingerprint density at radius 1 is 0.333 bits per heavy atom. The molecular weight excluding hydrogens is 623 g/mol. The van der Waals surface area contributed by atoms with Crippen LogP contribution in [0.2, 0.25) is 0 Å². The van der Waals surface area contributed by atoms with Gasteiger partial charge < -0.3 is 4.42 Å². The molecule has 10 rings (SSSR count). The van der Waals surface area contributed by atoms with E-state index in [2.05, 4.69) is 158 Å². The summed E-state index contributed by atoms with van der Waals surface area (Å²) in [7, 11) is 0. The smallest absolute Gasteiger partial charge is 0.164 e. The summed E-state index contributed by atoms with van der Waals surface area (Å²) in [5, 5.41) is 6.76. The molecule has 0 aliphatic heterocycles. The van der Waals surface area contributed by atoms with Gasteiger partial charge in [-0.1, -0.05) is 158 Å². The first-order valence-corrected chi connectivity index (χ1v) is 17.1. The van der Waals surface area contributed by atoms with Crippen molar-refractivity contribution >= 4 is 43.5 Å². The third kappa shape index (κ3) is 5.13. The van der Waals surface area contributed by atoms with Crippen molar-refractivity contribution in [3.63, 3.8) is 0 Å². The number of hydrogen-bond acceptors (Lipinski definition) is 4. The highest BCUT2D eigenvalue weighted by atomic mass is 16.3. The first-order chi connectivity index (χ1) is 25.2. The van der Waals surface area contributed by atoms with Crippen LogP contribution in [0.4, 0.5) is 0 Å².